The van der Waals surface area contributed by atoms with Crippen LogP contribution in [0.1, 0.15) is 22.3 Å². The molecule has 2 aromatic rings. The molecule has 0 saturated heterocycles. The van der Waals surface area contributed by atoms with Crippen molar-refractivity contribution in [2.24, 2.45) is 5.73 Å². The zero-order chi connectivity index (χ0) is 15.5. The van der Waals surface area contributed by atoms with E-state index in [4.69, 9.17) is 5.73 Å². The summed E-state index contributed by atoms with van der Waals surface area (Å²) in [6, 6.07) is 6.94. The molecule has 0 radical (unpaired) electrons. The Morgan fingerprint density at radius 1 is 1.19 bits per heavy atom. The van der Waals surface area contributed by atoms with Crippen molar-refractivity contribution < 1.29 is 8.42 Å². The number of nitrogens with two attached hydrogens (primary N) is 1. The summed E-state index contributed by atoms with van der Waals surface area (Å²) in [6.45, 7) is 4.31. The lowest BCUT2D eigenvalue weighted by Gasteiger charge is -2.11. The van der Waals surface area contributed by atoms with E-state index >= 15 is 0 Å². The average molecular weight is 305 g/mol. The van der Waals surface area contributed by atoms with Gasteiger partial charge in [-0.2, -0.15) is 0 Å². The van der Waals surface area contributed by atoms with Crippen LogP contribution in [0.5, 0.6) is 0 Å². The molecule has 0 aliphatic rings. The van der Waals surface area contributed by atoms with Crippen molar-refractivity contribution in [3.8, 4) is 0 Å². The number of aromatic nitrogens is 1. The van der Waals surface area contributed by atoms with E-state index in [0.717, 1.165) is 16.7 Å². The summed E-state index contributed by atoms with van der Waals surface area (Å²) >= 11 is 0. The average Bonchev–Trinajstić information content (AvgIpc) is 2.46. The van der Waals surface area contributed by atoms with Crippen LogP contribution in [0.3, 0.4) is 0 Å². The van der Waals surface area contributed by atoms with E-state index in [1.165, 1.54) is 0 Å². The molecule has 0 fully saturated rings. The van der Waals surface area contributed by atoms with Crippen LogP contribution in [0.2, 0.25) is 0 Å². The highest BCUT2D eigenvalue weighted by Crippen LogP contribution is 2.17. The maximum absolute atomic E-state index is 12.4. The van der Waals surface area contributed by atoms with Crippen LogP contribution in [-0.4, -0.2) is 13.4 Å². The van der Waals surface area contributed by atoms with E-state index in [2.05, 4.69) is 9.71 Å². The zero-order valence-electron chi connectivity index (χ0n) is 12.1. The van der Waals surface area contributed by atoms with Gasteiger partial charge in [0.25, 0.3) is 0 Å². The first-order chi connectivity index (χ1) is 9.94. The van der Waals surface area contributed by atoms with E-state index in [1.807, 2.05) is 13.0 Å². The van der Waals surface area contributed by atoms with Crippen molar-refractivity contribution in [1.82, 2.24) is 9.71 Å². The lowest BCUT2D eigenvalue weighted by Crippen LogP contribution is -2.24. The van der Waals surface area contributed by atoms with Gasteiger partial charge >= 0.3 is 0 Å². The summed E-state index contributed by atoms with van der Waals surface area (Å²) in [4.78, 5) is 4.28. The van der Waals surface area contributed by atoms with Crippen molar-refractivity contribution in [1.29, 1.82) is 0 Å². The molecular formula is C15H19N3O2S. The quantitative estimate of drug-likeness (QED) is 0.879. The van der Waals surface area contributed by atoms with E-state index in [1.54, 1.807) is 37.5 Å². The van der Waals surface area contributed by atoms with Crippen LogP contribution in [0.15, 0.2) is 41.6 Å². The molecule has 1 aromatic carbocycles. The first kappa shape index (κ1) is 15.6. The van der Waals surface area contributed by atoms with Gasteiger partial charge in [0.1, 0.15) is 0 Å². The summed E-state index contributed by atoms with van der Waals surface area (Å²) in [5, 5.41) is 0. The summed E-state index contributed by atoms with van der Waals surface area (Å²) in [7, 11) is -3.54. The third kappa shape index (κ3) is 3.66. The Morgan fingerprint density at radius 2 is 1.95 bits per heavy atom. The maximum Gasteiger partial charge on any atom is 0.241 e. The molecule has 6 heteroatoms. The third-order valence-electron chi connectivity index (χ3n) is 3.35. The number of aryl methyl sites for hydroxylation is 2. The van der Waals surface area contributed by atoms with Crippen LogP contribution in [0, 0.1) is 13.8 Å². The van der Waals surface area contributed by atoms with E-state index < -0.39 is 10.0 Å². The normalized spacial score (nSPS) is 11.6. The molecule has 0 spiro atoms. The molecule has 0 aliphatic carbocycles. The fraction of sp³-hybridized carbons (Fsp3) is 0.267. The highest BCUT2D eigenvalue weighted by molar-refractivity contribution is 7.89. The van der Waals surface area contributed by atoms with Gasteiger partial charge in [0, 0.05) is 25.5 Å². The molecule has 0 aliphatic heterocycles. The van der Waals surface area contributed by atoms with Crippen molar-refractivity contribution in [3.63, 3.8) is 0 Å². The van der Waals surface area contributed by atoms with Gasteiger partial charge in [-0.05, 0) is 48.2 Å². The third-order valence-corrected chi connectivity index (χ3v) is 4.92. The van der Waals surface area contributed by atoms with Crippen molar-refractivity contribution in [3.05, 3.63) is 58.9 Å². The second-order valence-corrected chi connectivity index (χ2v) is 6.67. The summed E-state index contributed by atoms with van der Waals surface area (Å²) in [5.41, 5.74) is 9.02. The van der Waals surface area contributed by atoms with Crippen molar-refractivity contribution in [2.75, 3.05) is 0 Å². The molecule has 112 valence electrons. The molecule has 2 rings (SSSR count). The lowest BCUT2D eigenvalue weighted by atomic mass is 10.1. The Morgan fingerprint density at radius 3 is 2.57 bits per heavy atom. The van der Waals surface area contributed by atoms with Gasteiger partial charge in [0.15, 0.2) is 0 Å². The molecule has 1 heterocycles. The monoisotopic (exact) mass is 305 g/mol. The molecular weight excluding hydrogens is 286 g/mol. The number of sulfonamides is 1. The van der Waals surface area contributed by atoms with Crippen LogP contribution in [0.25, 0.3) is 0 Å². The van der Waals surface area contributed by atoms with Crippen LogP contribution >= 0.6 is 0 Å². The Balaban J connectivity index is 2.21. The smallest absolute Gasteiger partial charge is 0.241 e. The molecule has 0 unspecified atom stereocenters. The predicted octanol–water partition coefficient (Wildman–Crippen LogP) is 1.64. The van der Waals surface area contributed by atoms with Gasteiger partial charge in [-0.25, -0.2) is 13.1 Å². The highest BCUT2D eigenvalue weighted by atomic mass is 32.2. The van der Waals surface area contributed by atoms with Gasteiger partial charge < -0.3 is 5.73 Å². The first-order valence-electron chi connectivity index (χ1n) is 6.63. The van der Waals surface area contributed by atoms with Gasteiger partial charge in [0.05, 0.1) is 4.90 Å². The molecule has 0 amide bonds. The van der Waals surface area contributed by atoms with Crippen LogP contribution in [-0.2, 0) is 23.1 Å². The predicted molar refractivity (Wildman–Crippen MR) is 82.1 cm³/mol. The summed E-state index contributed by atoms with van der Waals surface area (Å²) in [6.07, 6.45) is 3.36. The topological polar surface area (TPSA) is 85.1 Å². The molecule has 5 nitrogen and oxygen atoms in total. The minimum absolute atomic E-state index is 0.245. The highest BCUT2D eigenvalue weighted by Gasteiger charge is 2.16. The number of rotatable bonds is 5. The van der Waals surface area contributed by atoms with E-state index in [9.17, 15) is 8.42 Å². The lowest BCUT2D eigenvalue weighted by molar-refractivity contribution is 0.580. The first-order valence-corrected chi connectivity index (χ1v) is 8.11. The molecule has 1 aromatic heterocycles. The Hall–Kier alpha value is -1.76. The summed E-state index contributed by atoms with van der Waals surface area (Å²) in [5.74, 6) is 0. The molecule has 21 heavy (non-hydrogen) atoms. The maximum atomic E-state index is 12.4. The minimum atomic E-state index is -3.54. The van der Waals surface area contributed by atoms with Gasteiger partial charge in [-0.15, -0.1) is 0 Å². The molecule has 0 bridgehead atoms. The molecule has 3 N–H and O–H groups in total. The number of pyridine rings is 1. The van der Waals surface area contributed by atoms with Crippen molar-refractivity contribution >= 4 is 10.0 Å². The van der Waals surface area contributed by atoms with Gasteiger partial charge in [-0.3, -0.25) is 4.98 Å². The van der Waals surface area contributed by atoms with Gasteiger partial charge in [0.2, 0.25) is 10.0 Å². The minimum Gasteiger partial charge on any atom is -0.326 e. The van der Waals surface area contributed by atoms with E-state index in [-0.39, 0.29) is 11.4 Å². The second-order valence-electron chi connectivity index (χ2n) is 4.93. The zero-order valence-corrected chi connectivity index (χ0v) is 12.9. The molecule has 0 atom stereocenters. The molecule has 0 saturated carbocycles. The SMILES string of the molecule is Cc1cnccc1CNS(=O)(=O)c1ccc(CN)cc1C. The largest absolute Gasteiger partial charge is 0.326 e. The second kappa shape index (κ2) is 6.34. The number of benzene rings is 1. The fourth-order valence-electron chi connectivity index (χ4n) is 2.09. The van der Waals surface area contributed by atoms with E-state index in [0.29, 0.717) is 12.1 Å². The van der Waals surface area contributed by atoms with Crippen LogP contribution < -0.4 is 10.5 Å². The number of hydrogen-bond donors (Lipinski definition) is 2. The van der Waals surface area contributed by atoms with Gasteiger partial charge in [-0.1, -0.05) is 12.1 Å². The standard InChI is InChI=1S/C15H19N3O2S/c1-11-7-13(8-16)3-4-15(11)21(19,20)18-10-14-5-6-17-9-12(14)2/h3-7,9,18H,8,10,16H2,1-2H3. The number of nitrogens with one attached hydrogen (secondary N) is 1. The van der Waals surface area contributed by atoms with Crippen LogP contribution in [0.4, 0.5) is 0 Å². The Labute approximate surface area is 125 Å². The van der Waals surface area contributed by atoms with Crippen molar-refractivity contribution in [2.45, 2.75) is 31.8 Å². The number of nitrogens with zero attached hydrogens (tertiary/aromatic N) is 1. The summed E-state index contributed by atoms with van der Waals surface area (Å²) < 4.78 is 27.4. The number of hydrogen-bond acceptors (Lipinski definition) is 4. The Kier molecular flexibility index (Phi) is 4.72. The Bertz CT molecular complexity index is 742. The fourth-order valence-corrected chi connectivity index (χ4v) is 3.32.